The predicted molar refractivity (Wildman–Crippen MR) is 114 cm³/mol. The van der Waals surface area contributed by atoms with Crippen molar-refractivity contribution in [3.8, 4) is 11.5 Å². The molecule has 0 bridgehead atoms. The molecule has 2 unspecified atom stereocenters. The number of nitrogens with two attached hydrogens (primary N) is 1. The Morgan fingerprint density at radius 2 is 1.79 bits per heavy atom. The summed E-state index contributed by atoms with van der Waals surface area (Å²) in [6.07, 6.45) is 3.25. The minimum Gasteiger partial charge on any atom is -0.493 e. The summed E-state index contributed by atoms with van der Waals surface area (Å²) >= 11 is 0. The molecule has 2 N–H and O–H groups in total. The van der Waals surface area contributed by atoms with Gasteiger partial charge in [0.2, 0.25) is 0 Å². The zero-order chi connectivity index (χ0) is 20.2. The fraction of sp³-hybridized carbons (Fsp3) is 0.500. The smallest absolute Gasteiger partial charge is 0.164 e. The fourth-order valence-electron chi connectivity index (χ4n) is 4.84. The third kappa shape index (κ3) is 4.27. The third-order valence-electron chi connectivity index (χ3n) is 6.40. The number of fused-ring (bicyclic) bond motifs is 1. The first-order valence-corrected chi connectivity index (χ1v) is 10.6. The number of likely N-dealkylation sites (tertiary alicyclic amines) is 1. The van der Waals surface area contributed by atoms with Crippen LogP contribution in [-0.2, 0) is 17.7 Å². The van der Waals surface area contributed by atoms with Crippen LogP contribution in [0.4, 0.5) is 0 Å². The third-order valence-corrected chi connectivity index (χ3v) is 6.40. The monoisotopic (exact) mass is 396 g/mol. The average Bonchev–Trinajstić information content (AvgIpc) is 2.78. The summed E-state index contributed by atoms with van der Waals surface area (Å²) < 4.78 is 17.7. The Balaban J connectivity index is 1.45. The SMILES string of the molecule is COc1ccc2c(c1OC)CC(C1CCN(Cc3ccccc3)CC1)OC2CN. The van der Waals surface area contributed by atoms with Crippen molar-refractivity contribution < 1.29 is 14.2 Å². The highest BCUT2D eigenvalue weighted by Crippen LogP contribution is 2.43. The van der Waals surface area contributed by atoms with Crippen LogP contribution in [0, 0.1) is 5.92 Å². The molecular weight excluding hydrogens is 364 g/mol. The number of methoxy groups -OCH3 is 2. The van der Waals surface area contributed by atoms with Gasteiger partial charge in [0.1, 0.15) is 0 Å². The Morgan fingerprint density at radius 1 is 1.03 bits per heavy atom. The molecule has 0 saturated carbocycles. The Kier molecular flexibility index (Phi) is 6.38. The maximum atomic E-state index is 6.49. The van der Waals surface area contributed by atoms with Crippen molar-refractivity contribution in [2.24, 2.45) is 11.7 Å². The van der Waals surface area contributed by atoms with E-state index in [1.54, 1.807) is 14.2 Å². The number of hydrogen-bond acceptors (Lipinski definition) is 5. The highest BCUT2D eigenvalue weighted by molar-refractivity contribution is 5.52. The zero-order valence-electron chi connectivity index (χ0n) is 17.5. The molecule has 2 aromatic carbocycles. The first-order valence-electron chi connectivity index (χ1n) is 10.6. The minimum atomic E-state index is -0.0779. The number of piperidine rings is 1. The van der Waals surface area contributed by atoms with Gasteiger partial charge in [-0.3, -0.25) is 4.90 Å². The van der Waals surface area contributed by atoms with E-state index in [9.17, 15) is 0 Å². The topological polar surface area (TPSA) is 57.0 Å². The molecule has 0 aliphatic carbocycles. The van der Waals surface area contributed by atoms with Gasteiger partial charge in [0.05, 0.1) is 26.4 Å². The van der Waals surface area contributed by atoms with E-state index in [2.05, 4.69) is 41.3 Å². The van der Waals surface area contributed by atoms with Gasteiger partial charge in [0.25, 0.3) is 0 Å². The summed E-state index contributed by atoms with van der Waals surface area (Å²) in [5.41, 5.74) is 9.80. The molecule has 5 heteroatoms. The van der Waals surface area contributed by atoms with Gasteiger partial charge in [-0.05, 0) is 49.0 Å². The largest absolute Gasteiger partial charge is 0.493 e. The lowest BCUT2D eigenvalue weighted by Gasteiger charge is -2.40. The van der Waals surface area contributed by atoms with Crippen molar-refractivity contribution in [2.75, 3.05) is 33.9 Å². The van der Waals surface area contributed by atoms with Crippen molar-refractivity contribution in [1.82, 2.24) is 4.90 Å². The number of nitrogens with zero attached hydrogens (tertiary/aromatic N) is 1. The fourth-order valence-corrected chi connectivity index (χ4v) is 4.84. The van der Waals surface area contributed by atoms with Crippen LogP contribution in [-0.4, -0.2) is 44.9 Å². The van der Waals surface area contributed by atoms with Crippen molar-refractivity contribution >= 4 is 0 Å². The van der Waals surface area contributed by atoms with Crippen LogP contribution in [0.15, 0.2) is 42.5 Å². The van der Waals surface area contributed by atoms with Crippen molar-refractivity contribution in [3.63, 3.8) is 0 Å². The van der Waals surface area contributed by atoms with Gasteiger partial charge in [0.15, 0.2) is 11.5 Å². The Labute approximate surface area is 173 Å². The second-order valence-electron chi connectivity index (χ2n) is 8.07. The lowest BCUT2D eigenvalue weighted by Crippen LogP contribution is -2.42. The lowest BCUT2D eigenvalue weighted by atomic mass is 9.83. The molecule has 2 heterocycles. The molecule has 5 nitrogen and oxygen atoms in total. The van der Waals surface area contributed by atoms with Gasteiger partial charge in [0, 0.05) is 25.1 Å². The quantitative estimate of drug-likeness (QED) is 0.809. The van der Waals surface area contributed by atoms with E-state index in [1.165, 1.54) is 11.1 Å². The van der Waals surface area contributed by atoms with Crippen LogP contribution in [0.5, 0.6) is 11.5 Å². The highest BCUT2D eigenvalue weighted by atomic mass is 16.5. The Bertz CT molecular complexity index is 803. The molecule has 2 aromatic rings. The summed E-state index contributed by atoms with van der Waals surface area (Å²) in [5, 5.41) is 0. The van der Waals surface area contributed by atoms with Gasteiger partial charge in [-0.25, -0.2) is 0 Å². The first-order chi connectivity index (χ1) is 14.2. The number of ether oxygens (including phenoxy) is 3. The molecule has 0 radical (unpaired) electrons. The molecule has 1 fully saturated rings. The van der Waals surface area contributed by atoms with Crippen LogP contribution in [0.1, 0.15) is 35.6 Å². The van der Waals surface area contributed by atoms with Gasteiger partial charge >= 0.3 is 0 Å². The number of benzene rings is 2. The standard InChI is InChI=1S/C24H32N2O3/c1-27-21-9-8-19-20(24(21)28-2)14-22(29-23(19)15-25)18-10-12-26(13-11-18)16-17-6-4-3-5-7-17/h3-9,18,22-23H,10-16,25H2,1-2H3. The van der Waals surface area contributed by atoms with Crippen molar-refractivity contribution in [1.29, 1.82) is 0 Å². The highest BCUT2D eigenvalue weighted by Gasteiger charge is 2.36. The molecule has 0 amide bonds. The normalized spacial score (nSPS) is 22.9. The molecule has 0 spiro atoms. The van der Waals surface area contributed by atoms with Gasteiger partial charge in [-0.2, -0.15) is 0 Å². The molecule has 4 rings (SSSR count). The summed E-state index contributed by atoms with van der Waals surface area (Å²) in [5.74, 6) is 2.15. The second-order valence-corrected chi connectivity index (χ2v) is 8.07. The van der Waals surface area contributed by atoms with E-state index in [0.29, 0.717) is 12.5 Å². The molecule has 2 aliphatic heterocycles. The summed E-state index contributed by atoms with van der Waals surface area (Å²) in [6, 6.07) is 14.7. The maximum absolute atomic E-state index is 6.49. The molecule has 1 saturated heterocycles. The van der Waals surface area contributed by atoms with E-state index in [0.717, 1.165) is 56.0 Å². The van der Waals surface area contributed by atoms with Gasteiger partial charge in [-0.15, -0.1) is 0 Å². The zero-order valence-corrected chi connectivity index (χ0v) is 17.5. The Hall–Kier alpha value is -2.08. The molecule has 156 valence electrons. The maximum Gasteiger partial charge on any atom is 0.164 e. The number of rotatable bonds is 6. The molecule has 0 aromatic heterocycles. The number of hydrogen-bond donors (Lipinski definition) is 1. The lowest BCUT2D eigenvalue weighted by molar-refractivity contribution is -0.0651. The van der Waals surface area contributed by atoms with Crippen LogP contribution in [0.3, 0.4) is 0 Å². The van der Waals surface area contributed by atoms with Gasteiger partial charge < -0.3 is 19.9 Å². The molecule has 29 heavy (non-hydrogen) atoms. The van der Waals surface area contributed by atoms with Crippen LogP contribution in [0.25, 0.3) is 0 Å². The van der Waals surface area contributed by atoms with E-state index in [-0.39, 0.29) is 12.2 Å². The van der Waals surface area contributed by atoms with Crippen LogP contribution >= 0.6 is 0 Å². The summed E-state index contributed by atoms with van der Waals surface area (Å²) in [7, 11) is 3.39. The van der Waals surface area contributed by atoms with Crippen molar-refractivity contribution in [2.45, 2.75) is 38.0 Å². The van der Waals surface area contributed by atoms with Crippen molar-refractivity contribution in [3.05, 3.63) is 59.2 Å². The van der Waals surface area contributed by atoms with Crippen LogP contribution in [0.2, 0.25) is 0 Å². The summed E-state index contributed by atoms with van der Waals surface area (Å²) in [4.78, 5) is 2.55. The van der Waals surface area contributed by atoms with Gasteiger partial charge in [-0.1, -0.05) is 36.4 Å². The summed E-state index contributed by atoms with van der Waals surface area (Å²) in [6.45, 7) is 3.72. The molecule has 2 aliphatic rings. The second kappa shape index (κ2) is 9.16. The van der Waals surface area contributed by atoms with E-state index < -0.39 is 0 Å². The van der Waals surface area contributed by atoms with E-state index >= 15 is 0 Å². The van der Waals surface area contributed by atoms with E-state index in [4.69, 9.17) is 19.9 Å². The first kappa shape index (κ1) is 20.2. The Morgan fingerprint density at radius 3 is 2.45 bits per heavy atom. The van der Waals surface area contributed by atoms with E-state index in [1.807, 2.05) is 6.07 Å². The molecular formula is C24H32N2O3. The average molecular weight is 397 g/mol. The minimum absolute atomic E-state index is 0.0779. The predicted octanol–water partition coefficient (Wildman–Crippen LogP) is 3.56. The molecule has 2 atom stereocenters. The van der Waals surface area contributed by atoms with Crippen LogP contribution < -0.4 is 15.2 Å².